The van der Waals surface area contributed by atoms with Gasteiger partial charge < -0.3 is 20.2 Å². The maximum atomic E-state index is 12.8. The van der Waals surface area contributed by atoms with Gasteiger partial charge in [0.2, 0.25) is 5.91 Å². The Morgan fingerprint density at radius 1 is 1.25 bits per heavy atom. The molecule has 1 aromatic heterocycles. The molecule has 1 aromatic rings. The Hall–Kier alpha value is -1.73. The van der Waals surface area contributed by atoms with E-state index in [1.165, 1.54) is 12.0 Å². The molecule has 1 amide bonds. The van der Waals surface area contributed by atoms with Crippen LogP contribution in [0.5, 0.6) is 0 Å². The molecule has 154 valence electrons. The third kappa shape index (κ3) is 4.01. The summed E-state index contributed by atoms with van der Waals surface area (Å²) in [5.74, 6) is 2.05. The molecule has 1 saturated carbocycles. The third-order valence-electron chi connectivity index (χ3n) is 6.68. The first-order valence-electron chi connectivity index (χ1n) is 10.7. The Bertz CT molecular complexity index is 715. The van der Waals surface area contributed by atoms with E-state index in [9.17, 15) is 9.90 Å². The molecule has 3 heterocycles. The number of likely N-dealkylation sites (N-methyl/N-ethyl adjacent to an activating group) is 1. The van der Waals surface area contributed by atoms with Crippen molar-refractivity contribution in [1.82, 2.24) is 19.8 Å². The molecule has 0 aromatic carbocycles. The van der Waals surface area contributed by atoms with Crippen molar-refractivity contribution in [3.8, 4) is 0 Å². The highest BCUT2D eigenvalue weighted by Crippen LogP contribution is 2.34. The normalized spacial score (nSPS) is 24.8. The van der Waals surface area contributed by atoms with E-state index >= 15 is 0 Å². The Morgan fingerprint density at radius 2 is 2.04 bits per heavy atom. The Morgan fingerprint density at radius 3 is 2.79 bits per heavy atom. The fourth-order valence-corrected chi connectivity index (χ4v) is 4.93. The molecular weight excluding hydrogens is 354 g/mol. The quantitative estimate of drug-likeness (QED) is 0.821. The van der Waals surface area contributed by atoms with E-state index in [1.807, 2.05) is 11.9 Å². The van der Waals surface area contributed by atoms with Crippen molar-refractivity contribution in [2.45, 2.75) is 69.4 Å². The van der Waals surface area contributed by atoms with Gasteiger partial charge in [-0.05, 0) is 26.3 Å². The number of hydrogen-bond acceptors (Lipinski definition) is 6. The smallest absolute Gasteiger partial charge is 0.225 e. The number of rotatable bonds is 4. The molecular formula is C21H33N5O2. The van der Waals surface area contributed by atoms with Crippen LogP contribution < -0.4 is 5.32 Å². The highest BCUT2D eigenvalue weighted by molar-refractivity contribution is 5.77. The minimum atomic E-state index is -0.791. The molecule has 2 aliphatic heterocycles. The predicted octanol–water partition coefficient (Wildman–Crippen LogP) is 1.91. The maximum absolute atomic E-state index is 12.8. The number of amides is 1. The second-order valence-electron chi connectivity index (χ2n) is 8.88. The molecule has 0 spiro atoms. The van der Waals surface area contributed by atoms with Gasteiger partial charge in [0.1, 0.15) is 11.6 Å². The van der Waals surface area contributed by atoms with Crippen LogP contribution in [-0.4, -0.2) is 70.1 Å². The fourth-order valence-electron chi connectivity index (χ4n) is 4.93. The molecule has 2 N–H and O–H groups in total. The van der Waals surface area contributed by atoms with Crippen molar-refractivity contribution in [3.63, 3.8) is 0 Å². The molecule has 3 aliphatic rings. The number of aromatic nitrogens is 2. The first-order valence-corrected chi connectivity index (χ1v) is 10.7. The number of carbonyl (C=O) groups excluding carboxylic acids is 1. The van der Waals surface area contributed by atoms with E-state index in [1.54, 1.807) is 0 Å². The SMILES string of the molecule is CNc1nc([C@@H]2CCN(C(=O)CC3(O)CCCCC3)C2)nc2c1CN(C)CC2. The van der Waals surface area contributed by atoms with Crippen LogP contribution in [0.3, 0.4) is 0 Å². The van der Waals surface area contributed by atoms with Gasteiger partial charge in [-0.3, -0.25) is 4.79 Å². The zero-order valence-corrected chi connectivity index (χ0v) is 17.2. The summed E-state index contributed by atoms with van der Waals surface area (Å²) in [4.78, 5) is 26.7. The molecule has 28 heavy (non-hydrogen) atoms. The minimum Gasteiger partial charge on any atom is -0.389 e. The molecule has 1 atom stereocenters. The number of anilines is 1. The summed E-state index contributed by atoms with van der Waals surface area (Å²) in [5.41, 5.74) is 1.56. The van der Waals surface area contributed by atoms with Gasteiger partial charge in [0.15, 0.2) is 0 Å². The maximum Gasteiger partial charge on any atom is 0.225 e. The Balaban J connectivity index is 1.44. The number of nitrogens with one attached hydrogen (secondary N) is 1. The zero-order valence-electron chi connectivity index (χ0n) is 17.2. The lowest BCUT2D eigenvalue weighted by Gasteiger charge is -2.32. The van der Waals surface area contributed by atoms with Crippen LogP contribution in [-0.2, 0) is 17.8 Å². The lowest BCUT2D eigenvalue weighted by atomic mass is 9.82. The van der Waals surface area contributed by atoms with Gasteiger partial charge in [-0.25, -0.2) is 9.97 Å². The summed E-state index contributed by atoms with van der Waals surface area (Å²) in [6, 6.07) is 0. The monoisotopic (exact) mass is 387 g/mol. The van der Waals surface area contributed by atoms with Gasteiger partial charge in [0.05, 0.1) is 17.7 Å². The Kier molecular flexibility index (Phi) is 5.56. The summed E-state index contributed by atoms with van der Waals surface area (Å²) < 4.78 is 0. The Labute approximate surface area is 167 Å². The van der Waals surface area contributed by atoms with Crippen LogP contribution >= 0.6 is 0 Å². The average molecular weight is 388 g/mol. The van der Waals surface area contributed by atoms with E-state index in [0.29, 0.717) is 6.54 Å². The highest BCUT2D eigenvalue weighted by Gasteiger charge is 2.36. The van der Waals surface area contributed by atoms with E-state index in [4.69, 9.17) is 9.97 Å². The van der Waals surface area contributed by atoms with E-state index in [0.717, 1.165) is 75.5 Å². The van der Waals surface area contributed by atoms with Gasteiger partial charge in [-0.1, -0.05) is 19.3 Å². The molecule has 2 fully saturated rings. The van der Waals surface area contributed by atoms with E-state index < -0.39 is 5.60 Å². The van der Waals surface area contributed by atoms with Crippen molar-refractivity contribution in [3.05, 3.63) is 17.1 Å². The van der Waals surface area contributed by atoms with Gasteiger partial charge in [0.25, 0.3) is 0 Å². The molecule has 1 aliphatic carbocycles. The number of nitrogens with zero attached hydrogens (tertiary/aromatic N) is 4. The number of hydrogen-bond donors (Lipinski definition) is 2. The summed E-state index contributed by atoms with van der Waals surface area (Å²) in [5, 5.41) is 14.0. The van der Waals surface area contributed by atoms with Gasteiger partial charge in [0, 0.05) is 51.1 Å². The summed E-state index contributed by atoms with van der Waals surface area (Å²) >= 11 is 0. The number of aliphatic hydroxyl groups is 1. The molecule has 4 rings (SSSR count). The second kappa shape index (κ2) is 7.95. The van der Waals surface area contributed by atoms with Crippen LogP contribution in [0.4, 0.5) is 5.82 Å². The first-order chi connectivity index (χ1) is 13.5. The van der Waals surface area contributed by atoms with Crippen LogP contribution in [0, 0.1) is 0 Å². The fraction of sp³-hybridized carbons (Fsp3) is 0.762. The van der Waals surface area contributed by atoms with Crippen molar-refractivity contribution >= 4 is 11.7 Å². The average Bonchev–Trinajstić information content (AvgIpc) is 3.18. The molecule has 0 bridgehead atoms. The van der Waals surface area contributed by atoms with E-state index in [2.05, 4.69) is 17.3 Å². The van der Waals surface area contributed by atoms with Crippen LogP contribution in [0.1, 0.15) is 67.9 Å². The first kappa shape index (κ1) is 19.6. The summed E-state index contributed by atoms with van der Waals surface area (Å²) in [7, 11) is 4.04. The lowest BCUT2D eigenvalue weighted by Crippen LogP contribution is -2.39. The number of fused-ring (bicyclic) bond motifs is 1. The van der Waals surface area contributed by atoms with Crippen molar-refractivity contribution in [2.75, 3.05) is 39.0 Å². The number of carbonyl (C=O) groups is 1. The molecule has 7 heteroatoms. The van der Waals surface area contributed by atoms with Crippen molar-refractivity contribution in [1.29, 1.82) is 0 Å². The van der Waals surface area contributed by atoms with Crippen molar-refractivity contribution in [2.24, 2.45) is 0 Å². The topological polar surface area (TPSA) is 81.6 Å². The largest absolute Gasteiger partial charge is 0.389 e. The zero-order chi connectivity index (χ0) is 19.7. The molecule has 7 nitrogen and oxygen atoms in total. The van der Waals surface area contributed by atoms with Gasteiger partial charge in [-0.15, -0.1) is 0 Å². The molecule has 0 unspecified atom stereocenters. The van der Waals surface area contributed by atoms with Crippen LogP contribution in [0.2, 0.25) is 0 Å². The lowest BCUT2D eigenvalue weighted by molar-refractivity contribution is -0.136. The van der Waals surface area contributed by atoms with Crippen molar-refractivity contribution < 1.29 is 9.90 Å². The predicted molar refractivity (Wildman–Crippen MR) is 108 cm³/mol. The standard InChI is InChI=1S/C21H33N5O2/c1-22-20-16-14-25(2)10-7-17(16)23-19(24-20)15-6-11-26(13-15)18(27)12-21(28)8-4-3-5-9-21/h15,28H,3-14H2,1-2H3,(H,22,23,24)/t15-/m1/s1. The van der Waals surface area contributed by atoms with Gasteiger partial charge >= 0.3 is 0 Å². The number of likely N-dealkylation sites (tertiary alicyclic amines) is 1. The minimum absolute atomic E-state index is 0.0836. The highest BCUT2D eigenvalue weighted by atomic mass is 16.3. The second-order valence-corrected chi connectivity index (χ2v) is 8.88. The molecule has 0 radical (unpaired) electrons. The third-order valence-corrected chi connectivity index (χ3v) is 6.68. The molecule has 1 saturated heterocycles. The van der Waals surface area contributed by atoms with Gasteiger partial charge in [-0.2, -0.15) is 0 Å². The van der Waals surface area contributed by atoms with E-state index in [-0.39, 0.29) is 18.2 Å². The van der Waals surface area contributed by atoms with Crippen LogP contribution in [0.25, 0.3) is 0 Å². The summed E-state index contributed by atoms with van der Waals surface area (Å²) in [6.07, 6.45) is 6.83. The summed E-state index contributed by atoms with van der Waals surface area (Å²) in [6.45, 7) is 3.29. The van der Waals surface area contributed by atoms with Crippen LogP contribution in [0.15, 0.2) is 0 Å².